The SMILES string of the molecule is CCCN(CCC)c1nc(Cl)nc2c1COC2. The van der Waals surface area contributed by atoms with Crippen LogP contribution >= 0.6 is 11.6 Å². The number of anilines is 1. The lowest BCUT2D eigenvalue weighted by Crippen LogP contribution is -2.27. The number of rotatable bonds is 5. The van der Waals surface area contributed by atoms with Gasteiger partial charge >= 0.3 is 0 Å². The van der Waals surface area contributed by atoms with Crippen molar-refractivity contribution in [2.45, 2.75) is 39.9 Å². The maximum atomic E-state index is 5.97. The Labute approximate surface area is 107 Å². The third kappa shape index (κ3) is 2.69. The largest absolute Gasteiger partial charge is 0.370 e. The Hall–Kier alpha value is -0.870. The molecule has 0 aromatic carbocycles. The minimum Gasteiger partial charge on any atom is -0.370 e. The maximum Gasteiger partial charge on any atom is 0.224 e. The molecule has 1 aliphatic rings. The molecule has 0 spiro atoms. The van der Waals surface area contributed by atoms with Gasteiger partial charge in [0.05, 0.1) is 18.9 Å². The van der Waals surface area contributed by atoms with Gasteiger partial charge in [0.2, 0.25) is 5.28 Å². The molecule has 0 unspecified atom stereocenters. The average molecular weight is 256 g/mol. The van der Waals surface area contributed by atoms with E-state index < -0.39 is 0 Å². The lowest BCUT2D eigenvalue weighted by molar-refractivity contribution is 0.133. The summed E-state index contributed by atoms with van der Waals surface area (Å²) in [5, 5.41) is 0.321. The molecule has 0 saturated heterocycles. The van der Waals surface area contributed by atoms with Crippen molar-refractivity contribution in [1.82, 2.24) is 9.97 Å². The Morgan fingerprint density at radius 3 is 2.53 bits per heavy atom. The normalized spacial score (nSPS) is 13.8. The number of ether oxygens (including phenoxy) is 1. The predicted molar refractivity (Wildman–Crippen MR) is 68.3 cm³/mol. The van der Waals surface area contributed by atoms with E-state index in [-0.39, 0.29) is 0 Å². The molecular formula is C12H18ClN3O. The Kier molecular flexibility index (Phi) is 4.18. The Balaban J connectivity index is 2.35. The fourth-order valence-corrected chi connectivity index (χ4v) is 2.31. The van der Waals surface area contributed by atoms with Crippen LogP contribution in [0.3, 0.4) is 0 Å². The number of aromatic nitrogens is 2. The smallest absolute Gasteiger partial charge is 0.224 e. The highest BCUT2D eigenvalue weighted by molar-refractivity contribution is 6.28. The standard InChI is InChI=1S/C12H18ClN3O/c1-3-5-16(6-4-2)11-9-7-17-8-10(9)14-12(13)15-11/h3-8H2,1-2H3. The van der Waals surface area contributed by atoms with E-state index in [1.165, 1.54) is 0 Å². The van der Waals surface area contributed by atoms with Crippen LogP contribution in [0.2, 0.25) is 5.28 Å². The van der Waals surface area contributed by atoms with E-state index in [4.69, 9.17) is 16.3 Å². The zero-order valence-electron chi connectivity index (χ0n) is 10.4. The van der Waals surface area contributed by atoms with Crippen LogP contribution in [0.4, 0.5) is 5.82 Å². The minimum absolute atomic E-state index is 0.321. The number of nitrogens with zero attached hydrogens (tertiary/aromatic N) is 3. The van der Waals surface area contributed by atoms with Crippen molar-refractivity contribution < 1.29 is 4.74 Å². The fourth-order valence-electron chi connectivity index (χ4n) is 2.13. The summed E-state index contributed by atoms with van der Waals surface area (Å²) in [6.07, 6.45) is 2.19. The van der Waals surface area contributed by atoms with E-state index in [1.54, 1.807) is 0 Å². The molecule has 0 N–H and O–H groups in total. The van der Waals surface area contributed by atoms with Crippen LogP contribution in [0.5, 0.6) is 0 Å². The van der Waals surface area contributed by atoms with Crippen molar-refractivity contribution in [3.63, 3.8) is 0 Å². The molecule has 4 nitrogen and oxygen atoms in total. The lowest BCUT2D eigenvalue weighted by Gasteiger charge is -2.24. The van der Waals surface area contributed by atoms with Gasteiger partial charge in [0.15, 0.2) is 0 Å². The van der Waals surface area contributed by atoms with Crippen LogP contribution in [0, 0.1) is 0 Å². The van der Waals surface area contributed by atoms with Crippen molar-refractivity contribution in [1.29, 1.82) is 0 Å². The molecule has 17 heavy (non-hydrogen) atoms. The maximum absolute atomic E-state index is 5.97. The van der Waals surface area contributed by atoms with E-state index in [1.807, 2.05) is 0 Å². The van der Waals surface area contributed by atoms with Crippen LogP contribution in [-0.2, 0) is 18.0 Å². The first-order valence-corrected chi connectivity index (χ1v) is 6.52. The number of hydrogen-bond donors (Lipinski definition) is 0. The van der Waals surface area contributed by atoms with Crippen molar-refractivity contribution in [2.24, 2.45) is 0 Å². The molecule has 1 aromatic rings. The molecule has 2 heterocycles. The van der Waals surface area contributed by atoms with Crippen LogP contribution in [0.15, 0.2) is 0 Å². The quantitative estimate of drug-likeness (QED) is 0.759. The molecule has 0 amide bonds. The molecule has 0 fully saturated rings. The fraction of sp³-hybridized carbons (Fsp3) is 0.667. The summed E-state index contributed by atoms with van der Waals surface area (Å²) >= 11 is 5.97. The molecule has 0 radical (unpaired) electrons. The molecule has 5 heteroatoms. The second-order valence-electron chi connectivity index (χ2n) is 4.22. The third-order valence-electron chi connectivity index (χ3n) is 2.82. The zero-order chi connectivity index (χ0) is 12.3. The first-order chi connectivity index (χ1) is 8.26. The molecule has 94 valence electrons. The average Bonchev–Trinajstić information content (AvgIpc) is 2.75. The van der Waals surface area contributed by atoms with E-state index in [0.29, 0.717) is 18.5 Å². The van der Waals surface area contributed by atoms with Gasteiger partial charge in [-0.3, -0.25) is 0 Å². The molecule has 1 aliphatic heterocycles. The van der Waals surface area contributed by atoms with Crippen LogP contribution in [0.25, 0.3) is 0 Å². The first kappa shape index (κ1) is 12.6. The number of fused-ring (bicyclic) bond motifs is 1. The highest BCUT2D eigenvalue weighted by Crippen LogP contribution is 2.28. The summed E-state index contributed by atoms with van der Waals surface area (Å²) < 4.78 is 5.43. The second kappa shape index (κ2) is 5.65. The van der Waals surface area contributed by atoms with E-state index in [9.17, 15) is 0 Å². The molecule has 1 aromatic heterocycles. The van der Waals surface area contributed by atoms with E-state index in [0.717, 1.165) is 43.0 Å². The van der Waals surface area contributed by atoms with Gasteiger partial charge in [0.1, 0.15) is 5.82 Å². The monoisotopic (exact) mass is 255 g/mol. The van der Waals surface area contributed by atoms with E-state index in [2.05, 4.69) is 28.7 Å². The van der Waals surface area contributed by atoms with Gasteiger partial charge in [-0.25, -0.2) is 9.97 Å². The number of hydrogen-bond acceptors (Lipinski definition) is 4. The summed E-state index contributed by atoms with van der Waals surface area (Å²) in [6.45, 7) is 7.48. The summed E-state index contributed by atoms with van der Waals surface area (Å²) in [5.74, 6) is 0.959. The highest BCUT2D eigenvalue weighted by Gasteiger charge is 2.22. The third-order valence-corrected chi connectivity index (χ3v) is 2.98. The van der Waals surface area contributed by atoms with Gasteiger partial charge in [0, 0.05) is 18.7 Å². The number of halogens is 1. The Morgan fingerprint density at radius 1 is 1.18 bits per heavy atom. The van der Waals surface area contributed by atoms with Gasteiger partial charge in [0.25, 0.3) is 0 Å². The van der Waals surface area contributed by atoms with Gasteiger partial charge in [-0.05, 0) is 24.4 Å². The van der Waals surface area contributed by atoms with Gasteiger partial charge in [-0.1, -0.05) is 13.8 Å². The van der Waals surface area contributed by atoms with Crippen molar-refractivity contribution in [2.75, 3.05) is 18.0 Å². The van der Waals surface area contributed by atoms with Gasteiger partial charge in [-0.2, -0.15) is 0 Å². The van der Waals surface area contributed by atoms with Crippen LogP contribution in [0.1, 0.15) is 37.9 Å². The van der Waals surface area contributed by atoms with Crippen molar-refractivity contribution in [3.8, 4) is 0 Å². The van der Waals surface area contributed by atoms with Crippen LogP contribution in [-0.4, -0.2) is 23.1 Å². The molecular weight excluding hydrogens is 238 g/mol. The van der Waals surface area contributed by atoms with Gasteiger partial charge in [-0.15, -0.1) is 0 Å². The molecule has 0 atom stereocenters. The molecule has 0 aliphatic carbocycles. The van der Waals surface area contributed by atoms with Crippen LogP contribution < -0.4 is 4.90 Å². The predicted octanol–water partition coefficient (Wildman–Crippen LogP) is 2.79. The highest BCUT2D eigenvalue weighted by atomic mass is 35.5. The summed E-state index contributed by atoms with van der Waals surface area (Å²) in [5.41, 5.74) is 2.05. The second-order valence-corrected chi connectivity index (χ2v) is 4.56. The minimum atomic E-state index is 0.321. The Bertz CT molecular complexity index is 392. The van der Waals surface area contributed by atoms with Crippen molar-refractivity contribution >= 4 is 17.4 Å². The first-order valence-electron chi connectivity index (χ1n) is 6.14. The Morgan fingerprint density at radius 2 is 1.88 bits per heavy atom. The summed E-state index contributed by atoms with van der Waals surface area (Å²) in [4.78, 5) is 10.9. The van der Waals surface area contributed by atoms with E-state index >= 15 is 0 Å². The molecule has 2 rings (SSSR count). The summed E-state index contributed by atoms with van der Waals surface area (Å²) in [7, 11) is 0. The summed E-state index contributed by atoms with van der Waals surface area (Å²) in [6, 6.07) is 0. The zero-order valence-corrected chi connectivity index (χ0v) is 11.1. The molecule has 0 bridgehead atoms. The van der Waals surface area contributed by atoms with Gasteiger partial charge < -0.3 is 9.64 Å². The molecule has 0 saturated carbocycles. The lowest BCUT2D eigenvalue weighted by atomic mass is 10.2. The topological polar surface area (TPSA) is 38.2 Å². The van der Waals surface area contributed by atoms with Crippen molar-refractivity contribution in [3.05, 3.63) is 16.5 Å².